The molecule has 3 aromatic carbocycles. The van der Waals surface area contributed by atoms with Crippen LogP contribution in [-0.4, -0.2) is 4.57 Å². The van der Waals surface area contributed by atoms with Crippen LogP contribution in [0.5, 0.6) is 0 Å². The van der Waals surface area contributed by atoms with Gasteiger partial charge in [-0.25, -0.2) is 0 Å². The molecule has 0 spiro atoms. The Balaban J connectivity index is 1.87. The van der Waals surface area contributed by atoms with Crippen LogP contribution in [0, 0.1) is 0 Å². The van der Waals surface area contributed by atoms with Crippen molar-refractivity contribution < 1.29 is 0 Å². The molecule has 0 fully saturated rings. The van der Waals surface area contributed by atoms with E-state index in [0.29, 0.717) is 0 Å². The molecule has 1 aromatic heterocycles. The second kappa shape index (κ2) is 8.87. The summed E-state index contributed by atoms with van der Waals surface area (Å²) in [6.07, 6.45) is 8.41. The van der Waals surface area contributed by atoms with Crippen molar-refractivity contribution in [3.63, 3.8) is 0 Å². The van der Waals surface area contributed by atoms with E-state index in [-0.39, 0.29) is 0 Å². The van der Waals surface area contributed by atoms with Crippen LogP contribution < -0.4 is 5.32 Å². The van der Waals surface area contributed by atoms with E-state index in [9.17, 15) is 0 Å². The zero-order chi connectivity index (χ0) is 20.9. The van der Waals surface area contributed by atoms with E-state index in [1.54, 1.807) is 0 Å². The Morgan fingerprint density at radius 1 is 0.967 bits per heavy atom. The highest BCUT2D eigenvalue weighted by Gasteiger charge is 2.15. The maximum atomic E-state index is 4.12. The van der Waals surface area contributed by atoms with Gasteiger partial charge in [0.15, 0.2) is 0 Å². The molecular formula is C28H28N2. The monoisotopic (exact) mass is 392 g/mol. The number of nitrogens with one attached hydrogen (secondary N) is 1. The van der Waals surface area contributed by atoms with Crippen molar-refractivity contribution in [2.75, 3.05) is 5.32 Å². The van der Waals surface area contributed by atoms with Crippen molar-refractivity contribution in [1.82, 2.24) is 4.57 Å². The normalized spacial score (nSPS) is 11.3. The molecule has 1 N–H and O–H groups in total. The van der Waals surface area contributed by atoms with Gasteiger partial charge in [0.05, 0.1) is 11.2 Å². The SMILES string of the molecule is C=Cc1c(/C=C\C)n(-c2ccccc2)c2ccc(Nc3ccccc3CCC)cc12. The summed E-state index contributed by atoms with van der Waals surface area (Å²) in [7, 11) is 0. The highest BCUT2D eigenvalue weighted by molar-refractivity contribution is 5.97. The lowest BCUT2D eigenvalue weighted by molar-refractivity contribution is 0.923. The number of hydrogen-bond donors (Lipinski definition) is 1. The number of aryl methyl sites for hydroxylation is 1. The van der Waals surface area contributed by atoms with Gasteiger partial charge in [0.1, 0.15) is 0 Å². The van der Waals surface area contributed by atoms with E-state index < -0.39 is 0 Å². The number of aromatic nitrogens is 1. The minimum Gasteiger partial charge on any atom is -0.355 e. The second-order valence-corrected chi connectivity index (χ2v) is 7.44. The highest BCUT2D eigenvalue weighted by atomic mass is 15.0. The van der Waals surface area contributed by atoms with E-state index in [4.69, 9.17) is 0 Å². The van der Waals surface area contributed by atoms with Gasteiger partial charge in [-0.1, -0.05) is 68.5 Å². The average molecular weight is 393 g/mol. The Labute approximate surface area is 179 Å². The zero-order valence-corrected chi connectivity index (χ0v) is 17.7. The average Bonchev–Trinajstić information content (AvgIpc) is 3.08. The molecular weight excluding hydrogens is 364 g/mol. The summed E-state index contributed by atoms with van der Waals surface area (Å²) in [6, 6.07) is 25.7. The van der Waals surface area contributed by atoms with Gasteiger partial charge in [-0.3, -0.25) is 0 Å². The van der Waals surface area contributed by atoms with Crippen LogP contribution in [0.25, 0.3) is 28.7 Å². The molecule has 2 nitrogen and oxygen atoms in total. The van der Waals surface area contributed by atoms with Crippen molar-refractivity contribution >= 4 is 34.4 Å². The summed E-state index contributed by atoms with van der Waals surface area (Å²) in [5.74, 6) is 0. The number of para-hydroxylation sites is 2. The molecule has 0 amide bonds. The number of allylic oxidation sites excluding steroid dienone is 1. The van der Waals surface area contributed by atoms with Gasteiger partial charge in [0, 0.05) is 28.0 Å². The Kier molecular flexibility index (Phi) is 5.85. The van der Waals surface area contributed by atoms with Gasteiger partial charge in [-0.15, -0.1) is 0 Å². The minimum atomic E-state index is 1.07. The van der Waals surface area contributed by atoms with Crippen LogP contribution in [0.1, 0.15) is 37.1 Å². The third-order valence-corrected chi connectivity index (χ3v) is 5.40. The molecule has 4 aromatic rings. The molecule has 0 saturated heterocycles. The topological polar surface area (TPSA) is 17.0 Å². The molecule has 0 aliphatic heterocycles. The van der Waals surface area contributed by atoms with E-state index in [1.807, 2.05) is 6.08 Å². The van der Waals surface area contributed by atoms with Gasteiger partial charge >= 0.3 is 0 Å². The second-order valence-electron chi connectivity index (χ2n) is 7.44. The minimum absolute atomic E-state index is 1.07. The fraction of sp³-hybridized carbons (Fsp3) is 0.143. The number of benzene rings is 3. The number of rotatable bonds is 7. The van der Waals surface area contributed by atoms with Gasteiger partial charge in [0.2, 0.25) is 0 Å². The van der Waals surface area contributed by atoms with Crippen LogP contribution in [-0.2, 0) is 6.42 Å². The van der Waals surface area contributed by atoms with Crippen molar-refractivity contribution in [3.05, 3.63) is 102 Å². The first-order chi connectivity index (χ1) is 14.8. The van der Waals surface area contributed by atoms with Gasteiger partial charge in [-0.05, 0) is 61.4 Å². The summed E-state index contributed by atoms with van der Waals surface area (Å²) in [4.78, 5) is 0. The Morgan fingerprint density at radius 2 is 1.73 bits per heavy atom. The summed E-state index contributed by atoms with van der Waals surface area (Å²) in [5.41, 5.74) is 8.24. The molecule has 30 heavy (non-hydrogen) atoms. The first kappa shape index (κ1) is 19.8. The van der Waals surface area contributed by atoms with Crippen LogP contribution in [0.15, 0.2) is 85.5 Å². The maximum absolute atomic E-state index is 4.12. The van der Waals surface area contributed by atoms with Crippen LogP contribution in [0.3, 0.4) is 0 Å². The molecule has 0 aliphatic carbocycles. The zero-order valence-electron chi connectivity index (χ0n) is 17.7. The molecule has 0 saturated carbocycles. The first-order valence-electron chi connectivity index (χ1n) is 10.6. The van der Waals surface area contributed by atoms with Crippen molar-refractivity contribution in [3.8, 4) is 5.69 Å². The molecule has 0 bridgehead atoms. The number of nitrogens with zero attached hydrogens (tertiary/aromatic N) is 1. The van der Waals surface area contributed by atoms with Crippen LogP contribution in [0.2, 0.25) is 0 Å². The molecule has 0 aliphatic rings. The predicted octanol–water partition coefficient (Wildman–Crippen LogP) is 8.00. The van der Waals surface area contributed by atoms with Gasteiger partial charge in [-0.2, -0.15) is 0 Å². The third-order valence-electron chi connectivity index (χ3n) is 5.40. The van der Waals surface area contributed by atoms with E-state index in [1.165, 1.54) is 22.2 Å². The molecule has 0 unspecified atom stereocenters. The molecule has 150 valence electrons. The fourth-order valence-electron chi connectivity index (χ4n) is 4.09. The van der Waals surface area contributed by atoms with Gasteiger partial charge < -0.3 is 9.88 Å². The third kappa shape index (κ3) is 3.69. The van der Waals surface area contributed by atoms with Gasteiger partial charge in [0.25, 0.3) is 0 Å². The molecule has 0 radical (unpaired) electrons. The Morgan fingerprint density at radius 3 is 2.47 bits per heavy atom. The lowest BCUT2D eigenvalue weighted by atomic mass is 10.1. The number of fused-ring (bicyclic) bond motifs is 1. The number of anilines is 2. The smallest absolute Gasteiger partial charge is 0.0542 e. The largest absolute Gasteiger partial charge is 0.355 e. The summed E-state index contributed by atoms with van der Waals surface area (Å²) in [5, 5.41) is 4.83. The Bertz CT molecular complexity index is 1200. The van der Waals surface area contributed by atoms with Crippen molar-refractivity contribution in [2.24, 2.45) is 0 Å². The summed E-state index contributed by atoms with van der Waals surface area (Å²) < 4.78 is 2.31. The summed E-state index contributed by atoms with van der Waals surface area (Å²) in [6.45, 7) is 8.39. The molecule has 1 heterocycles. The molecule has 4 rings (SSSR count). The standard InChI is InChI=1S/C28H28N2/c1-4-12-21-14-10-11-17-26(21)29-22-18-19-28-25(20-22)24(6-3)27(13-5-2)30(28)23-15-8-7-9-16-23/h5-11,13-20,29H,3-4,12H2,1-2H3/b13-5-. The highest BCUT2D eigenvalue weighted by Crippen LogP contribution is 2.34. The molecule has 2 heteroatoms. The lowest BCUT2D eigenvalue weighted by Gasteiger charge is -2.12. The van der Waals surface area contributed by atoms with Crippen molar-refractivity contribution in [2.45, 2.75) is 26.7 Å². The fourth-order valence-corrected chi connectivity index (χ4v) is 4.09. The first-order valence-corrected chi connectivity index (χ1v) is 10.6. The van der Waals surface area contributed by atoms with Crippen LogP contribution in [0.4, 0.5) is 11.4 Å². The predicted molar refractivity (Wildman–Crippen MR) is 132 cm³/mol. The number of hydrogen-bond acceptors (Lipinski definition) is 1. The van der Waals surface area contributed by atoms with E-state index in [2.05, 4.69) is 115 Å². The van der Waals surface area contributed by atoms with E-state index in [0.717, 1.165) is 35.5 Å². The maximum Gasteiger partial charge on any atom is 0.0542 e. The lowest BCUT2D eigenvalue weighted by Crippen LogP contribution is -1.97. The quantitative estimate of drug-likeness (QED) is 0.337. The van der Waals surface area contributed by atoms with E-state index >= 15 is 0 Å². The molecule has 0 atom stereocenters. The van der Waals surface area contributed by atoms with Crippen LogP contribution >= 0.6 is 0 Å². The Hall–Kier alpha value is -3.52. The van der Waals surface area contributed by atoms with Crippen molar-refractivity contribution in [1.29, 1.82) is 0 Å². The summed E-state index contributed by atoms with van der Waals surface area (Å²) >= 11 is 0.